The Morgan fingerprint density at radius 2 is 2.22 bits per heavy atom. The average molecular weight is 255 g/mol. The van der Waals surface area contributed by atoms with E-state index in [0.717, 1.165) is 0 Å². The van der Waals surface area contributed by atoms with Crippen molar-refractivity contribution in [1.29, 1.82) is 0 Å². The van der Waals surface area contributed by atoms with Crippen molar-refractivity contribution in [2.75, 3.05) is 26.2 Å². The minimum atomic E-state index is -0.483. The summed E-state index contributed by atoms with van der Waals surface area (Å²) in [5.41, 5.74) is 0. The molecule has 2 saturated heterocycles. The molecule has 0 aromatic heterocycles. The molecule has 2 aliphatic heterocycles. The van der Waals surface area contributed by atoms with Crippen LogP contribution in [0.25, 0.3) is 0 Å². The summed E-state index contributed by atoms with van der Waals surface area (Å²) in [6.07, 6.45) is 0. The Balaban J connectivity index is 2.00. The summed E-state index contributed by atoms with van der Waals surface area (Å²) in [5, 5.41) is 2.28. The quantitative estimate of drug-likeness (QED) is 0.526. The van der Waals surface area contributed by atoms with Gasteiger partial charge in [-0.05, 0) is 13.8 Å². The Morgan fingerprint density at radius 3 is 2.89 bits per heavy atom. The van der Waals surface area contributed by atoms with E-state index in [9.17, 15) is 14.4 Å². The van der Waals surface area contributed by atoms with Gasteiger partial charge in [0.2, 0.25) is 0 Å². The lowest BCUT2D eigenvalue weighted by molar-refractivity contribution is -0.150. The molecule has 1 N–H and O–H groups in total. The van der Waals surface area contributed by atoms with Gasteiger partial charge in [-0.25, -0.2) is 4.79 Å². The van der Waals surface area contributed by atoms with E-state index in [0.29, 0.717) is 26.2 Å². The lowest BCUT2D eigenvalue weighted by Crippen LogP contribution is -2.56. The zero-order valence-corrected chi connectivity index (χ0v) is 10.5. The first-order chi connectivity index (χ1) is 8.54. The smallest absolute Gasteiger partial charge is 0.324 e. The fourth-order valence-corrected chi connectivity index (χ4v) is 2.30. The van der Waals surface area contributed by atoms with Crippen LogP contribution >= 0.6 is 0 Å². The van der Waals surface area contributed by atoms with Gasteiger partial charge in [0.1, 0.15) is 12.1 Å². The summed E-state index contributed by atoms with van der Waals surface area (Å²) in [6, 6.07) is -1.22. The van der Waals surface area contributed by atoms with Crippen molar-refractivity contribution >= 4 is 17.9 Å². The standard InChI is InChI=1S/C11H17N3O4/c1-3-18-10(16)7(2)13-4-5-14-8(6-13)9(15)12-11(14)17/h7-8H,3-6H2,1-2H3,(H,12,15,17)/t7-,8-/m0/s1. The maximum absolute atomic E-state index is 11.6. The Labute approximate surface area is 105 Å². The maximum atomic E-state index is 11.6. The molecule has 0 radical (unpaired) electrons. The normalized spacial score (nSPS) is 25.7. The van der Waals surface area contributed by atoms with Crippen molar-refractivity contribution in [1.82, 2.24) is 15.1 Å². The zero-order valence-electron chi connectivity index (χ0n) is 10.5. The highest BCUT2D eigenvalue weighted by Crippen LogP contribution is 2.17. The number of esters is 1. The highest BCUT2D eigenvalue weighted by Gasteiger charge is 2.43. The third-order valence-corrected chi connectivity index (χ3v) is 3.38. The highest BCUT2D eigenvalue weighted by atomic mass is 16.5. The highest BCUT2D eigenvalue weighted by molar-refractivity contribution is 6.04. The molecule has 0 saturated carbocycles. The van der Waals surface area contributed by atoms with E-state index in [1.54, 1.807) is 13.8 Å². The predicted octanol–water partition coefficient (Wildman–Crippen LogP) is -0.826. The lowest BCUT2D eigenvalue weighted by atomic mass is 10.1. The molecule has 100 valence electrons. The summed E-state index contributed by atoms with van der Waals surface area (Å²) in [4.78, 5) is 38.0. The second-order valence-corrected chi connectivity index (χ2v) is 4.43. The van der Waals surface area contributed by atoms with E-state index in [-0.39, 0.29) is 17.9 Å². The number of hydrogen-bond acceptors (Lipinski definition) is 5. The first kappa shape index (κ1) is 12.8. The second kappa shape index (κ2) is 4.93. The molecule has 0 aromatic carbocycles. The Hall–Kier alpha value is -1.63. The van der Waals surface area contributed by atoms with Gasteiger partial charge in [0.15, 0.2) is 0 Å². The minimum absolute atomic E-state index is 0.291. The van der Waals surface area contributed by atoms with Crippen molar-refractivity contribution < 1.29 is 19.1 Å². The number of nitrogens with zero attached hydrogens (tertiary/aromatic N) is 2. The largest absolute Gasteiger partial charge is 0.465 e. The molecule has 0 spiro atoms. The molecular formula is C11H17N3O4. The third-order valence-electron chi connectivity index (χ3n) is 3.38. The summed E-state index contributed by atoms with van der Waals surface area (Å²) < 4.78 is 4.95. The monoisotopic (exact) mass is 255 g/mol. The van der Waals surface area contributed by atoms with Gasteiger partial charge in [-0.15, -0.1) is 0 Å². The molecule has 7 heteroatoms. The molecule has 2 aliphatic rings. The second-order valence-electron chi connectivity index (χ2n) is 4.43. The molecule has 3 amide bonds. The van der Waals surface area contributed by atoms with Gasteiger partial charge in [0.25, 0.3) is 5.91 Å². The van der Waals surface area contributed by atoms with Crippen molar-refractivity contribution in [3.05, 3.63) is 0 Å². The molecule has 0 aliphatic carbocycles. The van der Waals surface area contributed by atoms with Gasteiger partial charge >= 0.3 is 12.0 Å². The number of rotatable bonds is 3. The number of urea groups is 1. The van der Waals surface area contributed by atoms with E-state index in [1.165, 1.54) is 4.90 Å². The lowest BCUT2D eigenvalue weighted by Gasteiger charge is -2.37. The molecule has 2 rings (SSSR count). The van der Waals surface area contributed by atoms with Gasteiger partial charge in [-0.3, -0.25) is 19.8 Å². The van der Waals surface area contributed by atoms with E-state index in [4.69, 9.17) is 4.74 Å². The summed E-state index contributed by atoms with van der Waals surface area (Å²) in [6.45, 7) is 5.24. The van der Waals surface area contributed by atoms with Gasteiger partial charge < -0.3 is 9.64 Å². The molecule has 0 aromatic rings. The Bertz CT molecular complexity index is 384. The van der Waals surface area contributed by atoms with Gasteiger partial charge in [0.05, 0.1) is 6.61 Å². The van der Waals surface area contributed by atoms with Crippen LogP contribution in [-0.2, 0) is 14.3 Å². The molecule has 2 atom stereocenters. The zero-order chi connectivity index (χ0) is 13.3. The van der Waals surface area contributed by atoms with Gasteiger partial charge in [0, 0.05) is 19.6 Å². The van der Waals surface area contributed by atoms with E-state index in [1.807, 2.05) is 4.90 Å². The number of fused-ring (bicyclic) bond motifs is 1. The Kier molecular flexibility index (Phi) is 3.51. The summed E-state index contributed by atoms with van der Waals surface area (Å²) in [7, 11) is 0. The van der Waals surface area contributed by atoms with Gasteiger partial charge in [-0.1, -0.05) is 0 Å². The van der Waals surface area contributed by atoms with Crippen LogP contribution in [0, 0.1) is 0 Å². The number of carbonyl (C=O) groups is 3. The fourth-order valence-electron chi connectivity index (χ4n) is 2.30. The van der Waals surface area contributed by atoms with Crippen LogP contribution in [0.3, 0.4) is 0 Å². The SMILES string of the molecule is CCOC(=O)[C@H](C)N1CCN2C(=O)NC(=O)[C@@H]2C1. The number of piperazine rings is 1. The Morgan fingerprint density at radius 1 is 1.50 bits per heavy atom. The van der Waals surface area contributed by atoms with Crippen LogP contribution in [0.1, 0.15) is 13.8 Å². The molecule has 0 unspecified atom stereocenters. The fraction of sp³-hybridized carbons (Fsp3) is 0.727. The van der Waals surface area contributed by atoms with E-state index >= 15 is 0 Å². The summed E-state index contributed by atoms with van der Waals surface area (Å²) in [5.74, 6) is -0.587. The minimum Gasteiger partial charge on any atom is -0.465 e. The van der Waals surface area contributed by atoms with Crippen molar-refractivity contribution in [3.63, 3.8) is 0 Å². The maximum Gasteiger partial charge on any atom is 0.324 e. The van der Waals surface area contributed by atoms with Crippen LogP contribution in [0.5, 0.6) is 0 Å². The topological polar surface area (TPSA) is 79.0 Å². The molecule has 18 heavy (non-hydrogen) atoms. The number of hydrogen-bond donors (Lipinski definition) is 1. The van der Waals surface area contributed by atoms with Crippen molar-refractivity contribution in [3.8, 4) is 0 Å². The summed E-state index contributed by atoms with van der Waals surface area (Å²) >= 11 is 0. The number of imide groups is 1. The van der Waals surface area contributed by atoms with E-state index < -0.39 is 12.1 Å². The number of carbonyl (C=O) groups excluding carboxylic acids is 3. The molecule has 0 bridgehead atoms. The first-order valence-electron chi connectivity index (χ1n) is 6.06. The average Bonchev–Trinajstić information content (AvgIpc) is 2.64. The van der Waals surface area contributed by atoms with Crippen LogP contribution < -0.4 is 5.32 Å². The predicted molar refractivity (Wildman–Crippen MR) is 61.7 cm³/mol. The molecule has 2 fully saturated rings. The van der Waals surface area contributed by atoms with Crippen LogP contribution in [-0.4, -0.2) is 66.0 Å². The van der Waals surface area contributed by atoms with Crippen molar-refractivity contribution in [2.45, 2.75) is 25.9 Å². The molecule has 2 heterocycles. The van der Waals surface area contributed by atoms with Crippen molar-refractivity contribution in [2.24, 2.45) is 0 Å². The van der Waals surface area contributed by atoms with Gasteiger partial charge in [-0.2, -0.15) is 0 Å². The van der Waals surface area contributed by atoms with Crippen LogP contribution in [0.15, 0.2) is 0 Å². The third kappa shape index (κ3) is 2.17. The van der Waals surface area contributed by atoms with Crippen LogP contribution in [0.4, 0.5) is 4.79 Å². The first-order valence-corrected chi connectivity index (χ1v) is 6.06. The van der Waals surface area contributed by atoms with E-state index in [2.05, 4.69) is 5.32 Å². The van der Waals surface area contributed by atoms with Crippen LogP contribution in [0.2, 0.25) is 0 Å². The molecular weight excluding hydrogens is 238 g/mol. The number of nitrogens with one attached hydrogen (secondary N) is 1. The molecule has 7 nitrogen and oxygen atoms in total. The number of ether oxygens (including phenoxy) is 1. The number of amides is 3.